The molecule has 3 aromatic carbocycles. The molecule has 0 unspecified atom stereocenters. The molecular weight excluding hydrogens is 378 g/mol. The molecule has 2 amide bonds. The predicted octanol–water partition coefficient (Wildman–Crippen LogP) is 3.51. The number of rotatable bonds is 7. The minimum absolute atomic E-state index is 0.178. The van der Waals surface area contributed by atoms with E-state index in [2.05, 4.69) is 6.07 Å². The van der Waals surface area contributed by atoms with Crippen molar-refractivity contribution in [3.05, 3.63) is 101 Å². The van der Waals surface area contributed by atoms with Crippen LogP contribution in [0.15, 0.2) is 72.8 Å². The summed E-state index contributed by atoms with van der Waals surface area (Å²) in [6.07, 6.45) is 0. The summed E-state index contributed by atoms with van der Waals surface area (Å²) in [5.41, 5.74) is 8.35. The smallest absolute Gasteiger partial charge is 0.254 e. The first-order chi connectivity index (χ1) is 14.5. The normalized spacial score (nSPS) is 10.1. The van der Waals surface area contributed by atoms with Crippen LogP contribution in [0.4, 0.5) is 0 Å². The molecule has 0 heterocycles. The Hall–Kier alpha value is -4.11. The maximum Gasteiger partial charge on any atom is 0.254 e. The number of carbonyl (C=O) groups excluding carboxylic acids is 2. The summed E-state index contributed by atoms with van der Waals surface area (Å²) in [6, 6.07) is 23.2. The lowest BCUT2D eigenvalue weighted by molar-refractivity contribution is 0.0784. The monoisotopic (exact) mass is 399 g/mol. The zero-order chi connectivity index (χ0) is 21.5. The third kappa shape index (κ3) is 5.03. The molecule has 0 spiro atoms. The molecule has 0 aliphatic rings. The lowest BCUT2D eigenvalue weighted by Crippen LogP contribution is -2.26. The molecule has 150 valence electrons. The van der Waals surface area contributed by atoms with Gasteiger partial charge in [-0.05, 0) is 42.0 Å². The van der Waals surface area contributed by atoms with Gasteiger partial charge in [0.1, 0.15) is 12.4 Å². The van der Waals surface area contributed by atoms with Crippen LogP contribution in [0, 0.1) is 11.3 Å². The van der Waals surface area contributed by atoms with E-state index in [1.54, 1.807) is 66.5 Å². The number of amides is 2. The number of ether oxygens (including phenoxy) is 1. The van der Waals surface area contributed by atoms with Crippen molar-refractivity contribution in [3.8, 4) is 11.8 Å². The maximum atomic E-state index is 12.8. The average molecular weight is 399 g/mol. The van der Waals surface area contributed by atoms with Crippen molar-refractivity contribution in [3.63, 3.8) is 0 Å². The lowest BCUT2D eigenvalue weighted by atomic mass is 10.1. The Labute approximate surface area is 175 Å². The summed E-state index contributed by atoms with van der Waals surface area (Å²) in [5.74, 6) is -0.145. The Bertz CT molecular complexity index is 1120. The molecule has 3 rings (SSSR count). The molecule has 0 saturated carbocycles. The van der Waals surface area contributed by atoms with Crippen molar-refractivity contribution >= 4 is 11.8 Å². The van der Waals surface area contributed by atoms with Gasteiger partial charge in [-0.15, -0.1) is 0 Å². The summed E-state index contributed by atoms with van der Waals surface area (Å²) in [5, 5.41) is 9.18. The number of nitriles is 1. The summed E-state index contributed by atoms with van der Waals surface area (Å²) in [7, 11) is 1.69. The number of nitrogens with two attached hydrogens (primary N) is 1. The highest BCUT2D eigenvalue weighted by Gasteiger charge is 2.14. The standard InChI is InChI=1S/C24H21N3O3/c1-27(15-17-6-4-9-18(12-17)23(26)28)24(29)19-10-5-11-22(13-19)30-16-21-8-3-2-7-20(21)14-25/h2-13H,15-16H2,1H3,(H2,26,28). The number of carbonyl (C=O) groups is 2. The van der Waals surface area contributed by atoms with E-state index in [-0.39, 0.29) is 12.5 Å². The molecular formula is C24H21N3O3. The summed E-state index contributed by atoms with van der Waals surface area (Å²) >= 11 is 0. The Kier molecular flexibility index (Phi) is 6.46. The molecule has 30 heavy (non-hydrogen) atoms. The first-order valence-corrected chi connectivity index (χ1v) is 9.33. The minimum Gasteiger partial charge on any atom is -0.489 e. The van der Waals surface area contributed by atoms with E-state index in [1.807, 2.05) is 18.2 Å². The van der Waals surface area contributed by atoms with Crippen LogP contribution in [0.2, 0.25) is 0 Å². The number of primary amides is 1. The van der Waals surface area contributed by atoms with Crippen LogP contribution >= 0.6 is 0 Å². The Morgan fingerprint density at radius 1 is 1.00 bits per heavy atom. The average Bonchev–Trinajstić information content (AvgIpc) is 2.77. The molecule has 6 nitrogen and oxygen atoms in total. The quantitative estimate of drug-likeness (QED) is 0.657. The number of nitrogens with zero attached hydrogens (tertiary/aromatic N) is 2. The van der Waals surface area contributed by atoms with Crippen molar-refractivity contribution in [1.29, 1.82) is 5.26 Å². The summed E-state index contributed by atoms with van der Waals surface area (Å²) in [6.45, 7) is 0.567. The van der Waals surface area contributed by atoms with Gasteiger partial charge in [-0.3, -0.25) is 9.59 Å². The lowest BCUT2D eigenvalue weighted by Gasteiger charge is -2.18. The molecule has 0 aliphatic carbocycles. The van der Waals surface area contributed by atoms with Crippen molar-refractivity contribution in [2.75, 3.05) is 7.05 Å². The van der Waals surface area contributed by atoms with Gasteiger partial charge in [0, 0.05) is 30.3 Å². The van der Waals surface area contributed by atoms with E-state index in [0.29, 0.717) is 29.0 Å². The number of hydrogen-bond acceptors (Lipinski definition) is 4. The molecule has 0 radical (unpaired) electrons. The molecule has 0 aromatic heterocycles. The van der Waals surface area contributed by atoms with Crippen LogP contribution in [0.3, 0.4) is 0 Å². The van der Waals surface area contributed by atoms with Gasteiger partial charge < -0.3 is 15.4 Å². The van der Waals surface area contributed by atoms with Gasteiger partial charge in [0.2, 0.25) is 5.91 Å². The van der Waals surface area contributed by atoms with Crippen LogP contribution < -0.4 is 10.5 Å². The third-order valence-electron chi connectivity index (χ3n) is 4.59. The van der Waals surface area contributed by atoms with Gasteiger partial charge in [0.15, 0.2) is 0 Å². The zero-order valence-electron chi connectivity index (χ0n) is 16.5. The molecule has 0 atom stereocenters. The van der Waals surface area contributed by atoms with Crippen molar-refractivity contribution in [1.82, 2.24) is 4.90 Å². The molecule has 3 aromatic rings. The molecule has 6 heteroatoms. The number of benzene rings is 3. The van der Waals surface area contributed by atoms with Gasteiger partial charge in [-0.1, -0.05) is 36.4 Å². The van der Waals surface area contributed by atoms with Crippen LogP contribution in [-0.2, 0) is 13.2 Å². The first-order valence-electron chi connectivity index (χ1n) is 9.33. The highest BCUT2D eigenvalue weighted by atomic mass is 16.5. The second kappa shape index (κ2) is 9.39. The molecule has 2 N–H and O–H groups in total. The fraction of sp³-hybridized carbons (Fsp3) is 0.125. The van der Waals surface area contributed by atoms with Crippen LogP contribution in [0.1, 0.15) is 37.4 Å². The van der Waals surface area contributed by atoms with Gasteiger partial charge in [-0.25, -0.2) is 0 Å². The molecule has 0 aliphatic heterocycles. The fourth-order valence-electron chi connectivity index (χ4n) is 3.02. The predicted molar refractivity (Wildman–Crippen MR) is 113 cm³/mol. The van der Waals surface area contributed by atoms with Crippen molar-refractivity contribution in [2.45, 2.75) is 13.2 Å². The Morgan fingerprint density at radius 2 is 1.73 bits per heavy atom. The van der Waals surface area contributed by atoms with E-state index >= 15 is 0 Å². The van der Waals surface area contributed by atoms with Gasteiger partial charge in [-0.2, -0.15) is 5.26 Å². The summed E-state index contributed by atoms with van der Waals surface area (Å²) in [4.78, 5) is 25.7. The van der Waals surface area contributed by atoms with Gasteiger partial charge in [0.05, 0.1) is 11.6 Å². The molecule has 0 saturated heterocycles. The second-order valence-corrected chi connectivity index (χ2v) is 6.81. The van der Waals surface area contributed by atoms with E-state index in [1.165, 1.54) is 0 Å². The fourth-order valence-corrected chi connectivity index (χ4v) is 3.02. The highest BCUT2D eigenvalue weighted by Crippen LogP contribution is 2.18. The SMILES string of the molecule is CN(Cc1cccc(C(N)=O)c1)C(=O)c1cccc(OCc2ccccc2C#N)c1. The topological polar surface area (TPSA) is 96.4 Å². The van der Waals surface area contributed by atoms with Crippen molar-refractivity contribution < 1.29 is 14.3 Å². The Morgan fingerprint density at radius 3 is 2.50 bits per heavy atom. The minimum atomic E-state index is -0.506. The Balaban J connectivity index is 1.68. The maximum absolute atomic E-state index is 12.8. The van der Waals surface area contributed by atoms with Gasteiger partial charge in [0.25, 0.3) is 5.91 Å². The zero-order valence-corrected chi connectivity index (χ0v) is 16.5. The van der Waals surface area contributed by atoms with Crippen LogP contribution in [0.25, 0.3) is 0 Å². The van der Waals surface area contributed by atoms with Crippen molar-refractivity contribution in [2.24, 2.45) is 5.73 Å². The third-order valence-corrected chi connectivity index (χ3v) is 4.59. The molecule has 0 bridgehead atoms. The first kappa shape index (κ1) is 20.6. The number of hydrogen-bond donors (Lipinski definition) is 1. The van der Waals surface area contributed by atoms with E-state index in [4.69, 9.17) is 10.5 Å². The van der Waals surface area contributed by atoms with Crippen LogP contribution in [0.5, 0.6) is 5.75 Å². The van der Waals surface area contributed by atoms with Crippen LogP contribution in [-0.4, -0.2) is 23.8 Å². The molecule has 0 fully saturated rings. The largest absolute Gasteiger partial charge is 0.489 e. The van der Waals surface area contributed by atoms with E-state index in [0.717, 1.165) is 11.1 Å². The second-order valence-electron chi connectivity index (χ2n) is 6.81. The van der Waals surface area contributed by atoms with E-state index < -0.39 is 5.91 Å². The highest BCUT2D eigenvalue weighted by molar-refractivity contribution is 5.94. The van der Waals surface area contributed by atoms with E-state index in [9.17, 15) is 14.9 Å². The summed E-state index contributed by atoms with van der Waals surface area (Å²) < 4.78 is 5.79. The van der Waals surface area contributed by atoms with Gasteiger partial charge >= 0.3 is 0 Å².